The van der Waals surface area contributed by atoms with Crippen LogP contribution >= 0.6 is 0 Å². The van der Waals surface area contributed by atoms with E-state index in [4.69, 9.17) is 0 Å². The van der Waals surface area contributed by atoms with Crippen LogP contribution in [-0.4, -0.2) is 53.9 Å². The molecule has 1 aromatic rings. The third-order valence-electron chi connectivity index (χ3n) is 4.03. The number of piperidine rings is 1. The summed E-state index contributed by atoms with van der Waals surface area (Å²) in [5.74, 6) is 0.111. The number of nitrogens with zero attached hydrogens (tertiary/aromatic N) is 3. The van der Waals surface area contributed by atoms with Crippen molar-refractivity contribution in [2.45, 2.75) is 31.7 Å². The number of benzene rings is 1. The highest BCUT2D eigenvalue weighted by Crippen LogP contribution is 2.20. The first-order chi connectivity index (χ1) is 10.5. The van der Waals surface area contributed by atoms with Gasteiger partial charge in [0.2, 0.25) is 5.91 Å². The first-order valence-electron chi connectivity index (χ1n) is 7.65. The molecule has 0 bridgehead atoms. The van der Waals surface area contributed by atoms with Crippen LogP contribution in [0, 0.1) is 10.1 Å². The van der Waals surface area contributed by atoms with Crippen molar-refractivity contribution in [3.63, 3.8) is 0 Å². The average Bonchev–Trinajstić information content (AvgIpc) is 2.47. The zero-order chi connectivity index (χ0) is 16.1. The van der Waals surface area contributed by atoms with E-state index in [0.29, 0.717) is 6.42 Å². The zero-order valence-electron chi connectivity index (χ0n) is 13.2. The molecular weight excluding hydrogens is 282 g/mol. The normalized spacial score (nSPS) is 18.5. The number of carbonyl (C=O) groups excluding carboxylic acids is 1. The Bertz CT molecular complexity index is 528. The standard InChI is InChI=1S/C16H23N3O3/c1-17(2)12-15-5-3-4-10-18(15)16(20)11-13-6-8-14(9-7-13)19(21)22/h6-9,15H,3-5,10-12H2,1-2H3. The minimum atomic E-state index is -0.427. The summed E-state index contributed by atoms with van der Waals surface area (Å²) in [6, 6.07) is 6.52. The molecule has 1 amide bonds. The summed E-state index contributed by atoms with van der Waals surface area (Å²) in [5, 5.41) is 10.7. The number of carbonyl (C=O) groups is 1. The van der Waals surface area contributed by atoms with Gasteiger partial charge < -0.3 is 9.80 Å². The molecule has 1 atom stereocenters. The molecule has 0 spiro atoms. The summed E-state index contributed by atoms with van der Waals surface area (Å²) in [4.78, 5) is 26.9. The average molecular weight is 305 g/mol. The van der Waals surface area contributed by atoms with Gasteiger partial charge in [-0.05, 0) is 38.9 Å². The van der Waals surface area contributed by atoms with Gasteiger partial charge in [0.1, 0.15) is 0 Å². The number of hydrogen-bond donors (Lipinski definition) is 0. The van der Waals surface area contributed by atoms with Gasteiger partial charge in [-0.1, -0.05) is 12.1 Å². The summed E-state index contributed by atoms with van der Waals surface area (Å²) in [7, 11) is 4.04. The molecule has 1 aliphatic heterocycles. The first-order valence-corrected chi connectivity index (χ1v) is 7.65. The second kappa shape index (κ2) is 7.35. The Balaban J connectivity index is 2.01. The lowest BCUT2D eigenvalue weighted by Crippen LogP contribution is -2.48. The lowest BCUT2D eigenvalue weighted by atomic mass is 10.0. The van der Waals surface area contributed by atoms with E-state index in [1.54, 1.807) is 12.1 Å². The van der Waals surface area contributed by atoms with Crippen LogP contribution in [-0.2, 0) is 11.2 Å². The molecule has 2 rings (SSSR count). The van der Waals surface area contributed by atoms with Crippen LogP contribution in [0.1, 0.15) is 24.8 Å². The number of likely N-dealkylation sites (tertiary alicyclic amines) is 1. The molecule has 0 aliphatic carbocycles. The van der Waals surface area contributed by atoms with Gasteiger partial charge >= 0.3 is 0 Å². The molecule has 1 saturated heterocycles. The topological polar surface area (TPSA) is 66.7 Å². The Morgan fingerprint density at radius 2 is 2.00 bits per heavy atom. The molecule has 0 aromatic heterocycles. The maximum atomic E-state index is 12.6. The molecule has 6 heteroatoms. The number of rotatable bonds is 5. The Morgan fingerprint density at radius 1 is 1.32 bits per heavy atom. The quantitative estimate of drug-likeness (QED) is 0.617. The molecule has 120 valence electrons. The molecule has 6 nitrogen and oxygen atoms in total. The summed E-state index contributed by atoms with van der Waals surface area (Å²) >= 11 is 0. The SMILES string of the molecule is CN(C)CC1CCCCN1C(=O)Cc1ccc([N+](=O)[O-])cc1. The molecule has 0 saturated carbocycles. The summed E-state index contributed by atoms with van der Waals surface area (Å²) in [6.45, 7) is 1.69. The van der Waals surface area contributed by atoms with Crippen molar-refractivity contribution < 1.29 is 9.72 Å². The Kier molecular flexibility index (Phi) is 5.49. The summed E-state index contributed by atoms with van der Waals surface area (Å²) < 4.78 is 0. The fraction of sp³-hybridized carbons (Fsp3) is 0.562. The molecule has 1 unspecified atom stereocenters. The largest absolute Gasteiger partial charge is 0.338 e. The minimum absolute atomic E-state index is 0.0552. The van der Waals surface area contributed by atoms with Crippen molar-refractivity contribution in [3.8, 4) is 0 Å². The fourth-order valence-electron chi connectivity index (χ4n) is 2.95. The second-order valence-corrected chi connectivity index (χ2v) is 6.10. The third-order valence-corrected chi connectivity index (χ3v) is 4.03. The maximum absolute atomic E-state index is 12.6. The number of amides is 1. The van der Waals surface area contributed by atoms with Gasteiger partial charge in [-0.25, -0.2) is 0 Å². The number of nitro benzene ring substituents is 1. The lowest BCUT2D eigenvalue weighted by molar-refractivity contribution is -0.384. The Hall–Kier alpha value is -1.95. The van der Waals surface area contributed by atoms with Crippen LogP contribution in [0.3, 0.4) is 0 Å². The summed E-state index contributed by atoms with van der Waals surface area (Å²) in [5.41, 5.74) is 0.879. The van der Waals surface area contributed by atoms with Gasteiger partial charge in [-0.3, -0.25) is 14.9 Å². The van der Waals surface area contributed by atoms with Crippen molar-refractivity contribution in [3.05, 3.63) is 39.9 Å². The van der Waals surface area contributed by atoms with E-state index in [1.165, 1.54) is 18.6 Å². The van der Waals surface area contributed by atoms with Crippen LogP contribution in [0.15, 0.2) is 24.3 Å². The van der Waals surface area contributed by atoms with Crippen molar-refractivity contribution in [1.29, 1.82) is 0 Å². The molecule has 22 heavy (non-hydrogen) atoms. The molecular formula is C16H23N3O3. The van der Waals surface area contributed by atoms with E-state index < -0.39 is 4.92 Å². The number of non-ortho nitro benzene ring substituents is 1. The van der Waals surface area contributed by atoms with Gasteiger partial charge in [0.15, 0.2) is 0 Å². The van der Waals surface area contributed by atoms with Crippen LogP contribution in [0.5, 0.6) is 0 Å². The smallest absolute Gasteiger partial charge is 0.269 e. The fourth-order valence-corrected chi connectivity index (χ4v) is 2.95. The van der Waals surface area contributed by atoms with E-state index in [1.807, 2.05) is 19.0 Å². The molecule has 1 heterocycles. The highest BCUT2D eigenvalue weighted by atomic mass is 16.6. The highest BCUT2D eigenvalue weighted by molar-refractivity contribution is 5.79. The van der Waals surface area contributed by atoms with Crippen molar-refractivity contribution in [2.75, 3.05) is 27.2 Å². The number of nitro groups is 1. The van der Waals surface area contributed by atoms with Crippen molar-refractivity contribution in [2.24, 2.45) is 0 Å². The van der Waals surface area contributed by atoms with Crippen LogP contribution in [0.2, 0.25) is 0 Å². The predicted octanol–water partition coefficient (Wildman–Crippen LogP) is 2.08. The highest BCUT2D eigenvalue weighted by Gasteiger charge is 2.26. The monoisotopic (exact) mass is 305 g/mol. The first kappa shape index (κ1) is 16.4. The molecule has 1 aliphatic rings. The third kappa shape index (κ3) is 4.27. The van der Waals surface area contributed by atoms with E-state index in [-0.39, 0.29) is 17.6 Å². The van der Waals surface area contributed by atoms with Gasteiger partial charge in [0.25, 0.3) is 5.69 Å². The maximum Gasteiger partial charge on any atom is 0.269 e. The zero-order valence-corrected chi connectivity index (χ0v) is 13.2. The van der Waals surface area contributed by atoms with Crippen LogP contribution < -0.4 is 0 Å². The second-order valence-electron chi connectivity index (χ2n) is 6.10. The number of likely N-dealkylation sites (N-methyl/N-ethyl adjacent to an activating group) is 1. The Labute approximate surface area is 130 Å². The van der Waals surface area contributed by atoms with Crippen LogP contribution in [0.4, 0.5) is 5.69 Å². The van der Waals surface area contributed by atoms with E-state index in [9.17, 15) is 14.9 Å². The molecule has 0 N–H and O–H groups in total. The summed E-state index contributed by atoms with van der Waals surface area (Å²) in [6.07, 6.45) is 3.57. The predicted molar refractivity (Wildman–Crippen MR) is 84.7 cm³/mol. The van der Waals surface area contributed by atoms with E-state index >= 15 is 0 Å². The number of hydrogen-bond acceptors (Lipinski definition) is 4. The lowest BCUT2D eigenvalue weighted by Gasteiger charge is -2.37. The molecule has 1 aromatic carbocycles. The molecule has 1 fully saturated rings. The van der Waals surface area contributed by atoms with E-state index in [0.717, 1.165) is 31.5 Å². The Morgan fingerprint density at radius 3 is 2.59 bits per heavy atom. The van der Waals surface area contributed by atoms with E-state index in [2.05, 4.69) is 4.90 Å². The van der Waals surface area contributed by atoms with Gasteiger partial charge in [-0.2, -0.15) is 0 Å². The van der Waals surface area contributed by atoms with Gasteiger partial charge in [0.05, 0.1) is 11.3 Å². The van der Waals surface area contributed by atoms with Gasteiger partial charge in [0, 0.05) is 31.3 Å². The molecule has 0 radical (unpaired) electrons. The van der Waals surface area contributed by atoms with Crippen LogP contribution in [0.25, 0.3) is 0 Å². The minimum Gasteiger partial charge on any atom is -0.338 e. The van der Waals surface area contributed by atoms with Crippen molar-refractivity contribution >= 4 is 11.6 Å². The van der Waals surface area contributed by atoms with Gasteiger partial charge in [-0.15, -0.1) is 0 Å². The van der Waals surface area contributed by atoms with Crippen molar-refractivity contribution in [1.82, 2.24) is 9.80 Å².